The van der Waals surface area contributed by atoms with Gasteiger partial charge in [0.15, 0.2) is 0 Å². The molecule has 2 aromatic heterocycles. The van der Waals surface area contributed by atoms with Crippen LogP contribution in [-0.2, 0) is 0 Å². The van der Waals surface area contributed by atoms with Crippen molar-refractivity contribution in [3.63, 3.8) is 0 Å². The van der Waals surface area contributed by atoms with Crippen LogP contribution < -0.4 is 10.0 Å². The molecule has 8 aromatic rings. The predicted molar refractivity (Wildman–Crippen MR) is 234 cm³/mol. The Bertz CT molecular complexity index is 2240. The third-order valence-electron chi connectivity index (χ3n) is 9.87. The second-order valence-corrected chi connectivity index (χ2v) is 14.5. The molecule has 0 unspecified atom stereocenters. The van der Waals surface area contributed by atoms with E-state index in [1.807, 2.05) is 0 Å². The molecular formula is C52H46BFO4. The fourth-order valence-electron chi connectivity index (χ4n) is 6.66. The first kappa shape index (κ1) is 41.2. The topological polar surface area (TPSA) is 68.7 Å². The number of hydrogen-bond donors (Lipinski definition) is 0. The van der Waals surface area contributed by atoms with E-state index < -0.39 is 7.40 Å². The lowest BCUT2D eigenvalue weighted by Gasteiger charge is -2.10. The number of rotatable bonds is 6. The van der Waals surface area contributed by atoms with Gasteiger partial charge in [-0.1, -0.05) is 155 Å². The summed E-state index contributed by atoms with van der Waals surface area (Å²) in [5, 5.41) is 16.6. The second kappa shape index (κ2) is 19.1. The Balaban J connectivity index is 0.000000179. The standard InChI is InChI=1S/2C26H23O.BFO2/c2*1-18-4-10-21(11-5-18)24-16-17-27-26(23-14-8-20(3)9-15-23)25(24)22-12-6-19(2)7-13-22;2-1(3)4/h2*4-17H,1-3H3;/q2*+1;-2. The van der Waals surface area contributed by atoms with Crippen molar-refractivity contribution in [3.8, 4) is 67.2 Å². The van der Waals surface area contributed by atoms with Crippen molar-refractivity contribution < 1.29 is 23.2 Å². The fourth-order valence-corrected chi connectivity index (χ4v) is 6.66. The quantitative estimate of drug-likeness (QED) is 0.125. The van der Waals surface area contributed by atoms with E-state index in [1.165, 1.54) is 55.6 Å². The molecule has 58 heavy (non-hydrogen) atoms. The summed E-state index contributed by atoms with van der Waals surface area (Å²) in [5.41, 5.74) is 19.0. The molecule has 0 saturated carbocycles. The van der Waals surface area contributed by atoms with Crippen molar-refractivity contribution in [1.29, 1.82) is 0 Å². The van der Waals surface area contributed by atoms with Crippen LogP contribution in [-0.4, -0.2) is 7.40 Å². The zero-order valence-electron chi connectivity index (χ0n) is 33.8. The molecule has 2 heterocycles. The van der Waals surface area contributed by atoms with Crippen molar-refractivity contribution in [2.24, 2.45) is 0 Å². The van der Waals surface area contributed by atoms with Gasteiger partial charge in [-0.3, -0.25) is 0 Å². The zero-order valence-corrected chi connectivity index (χ0v) is 33.8. The van der Waals surface area contributed by atoms with Crippen LogP contribution in [0.4, 0.5) is 4.32 Å². The molecule has 0 atom stereocenters. The molecule has 288 valence electrons. The first-order chi connectivity index (χ1) is 28.0. The Labute approximate surface area is 341 Å². The van der Waals surface area contributed by atoms with E-state index in [4.69, 9.17) is 18.9 Å². The maximum Gasteiger partial charge on any atom is 0.368 e. The van der Waals surface area contributed by atoms with Crippen molar-refractivity contribution in [2.75, 3.05) is 0 Å². The number of halogens is 1. The van der Waals surface area contributed by atoms with E-state index in [0.29, 0.717) is 0 Å². The third kappa shape index (κ3) is 10.5. The largest absolute Gasteiger partial charge is 0.867 e. The monoisotopic (exact) mass is 764 g/mol. The molecule has 0 spiro atoms. The first-order valence-electron chi connectivity index (χ1n) is 19.2. The number of aryl methyl sites for hydroxylation is 6. The Morgan fingerprint density at radius 1 is 0.328 bits per heavy atom. The Hall–Kier alpha value is -6.47. The summed E-state index contributed by atoms with van der Waals surface area (Å²) in [7, 11) is -3.17. The van der Waals surface area contributed by atoms with E-state index in [9.17, 15) is 4.32 Å². The van der Waals surface area contributed by atoms with Crippen LogP contribution in [0.1, 0.15) is 33.4 Å². The molecule has 0 aliphatic heterocycles. The summed E-state index contributed by atoms with van der Waals surface area (Å²) < 4.78 is 22.0. The minimum atomic E-state index is -3.17. The highest BCUT2D eigenvalue weighted by atomic mass is 19.1. The lowest BCUT2D eigenvalue weighted by atomic mass is 9.91. The molecule has 0 amide bonds. The highest BCUT2D eigenvalue weighted by molar-refractivity contribution is 6.27. The molecule has 4 nitrogen and oxygen atoms in total. The molecule has 6 aromatic carbocycles. The maximum absolute atomic E-state index is 9.89. The van der Waals surface area contributed by atoms with E-state index in [1.54, 1.807) is 12.5 Å². The highest BCUT2D eigenvalue weighted by Crippen LogP contribution is 2.42. The first-order valence-corrected chi connectivity index (χ1v) is 19.2. The molecule has 0 bridgehead atoms. The van der Waals surface area contributed by atoms with Gasteiger partial charge in [0.1, 0.15) is 7.40 Å². The average molecular weight is 765 g/mol. The normalized spacial score (nSPS) is 10.5. The molecule has 0 N–H and O–H groups in total. The Kier molecular flexibility index (Phi) is 13.6. The Morgan fingerprint density at radius 3 is 0.776 bits per heavy atom. The average Bonchev–Trinajstić information content (AvgIpc) is 3.22. The van der Waals surface area contributed by atoms with Gasteiger partial charge in [-0.15, -0.1) is 0 Å². The van der Waals surface area contributed by atoms with Crippen LogP contribution in [0.15, 0.2) is 179 Å². The summed E-state index contributed by atoms with van der Waals surface area (Å²) in [6, 6.07) is 55.8. The lowest BCUT2D eigenvalue weighted by molar-refractivity contribution is -0.366. The summed E-state index contributed by atoms with van der Waals surface area (Å²) in [6.07, 6.45) is 3.59. The maximum atomic E-state index is 9.89. The van der Waals surface area contributed by atoms with Crippen molar-refractivity contribution in [3.05, 3.63) is 204 Å². The zero-order chi connectivity index (χ0) is 41.2. The van der Waals surface area contributed by atoms with Crippen LogP contribution in [0.25, 0.3) is 67.2 Å². The molecule has 8 rings (SSSR count). The summed E-state index contributed by atoms with van der Waals surface area (Å²) in [4.78, 5) is 0. The van der Waals surface area contributed by atoms with Gasteiger partial charge in [0, 0.05) is 23.3 Å². The molecule has 6 heteroatoms. The smallest absolute Gasteiger partial charge is 0.368 e. The van der Waals surface area contributed by atoms with Crippen molar-refractivity contribution >= 4 is 7.40 Å². The fraction of sp³-hybridized carbons (Fsp3) is 0.115. The van der Waals surface area contributed by atoms with E-state index in [-0.39, 0.29) is 0 Å². The number of hydrogen-bond acceptors (Lipinski definition) is 2. The van der Waals surface area contributed by atoms with E-state index in [2.05, 4.69) is 199 Å². The lowest BCUT2D eigenvalue weighted by Crippen LogP contribution is -2.39. The van der Waals surface area contributed by atoms with E-state index >= 15 is 0 Å². The van der Waals surface area contributed by atoms with Gasteiger partial charge >= 0.3 is 24.0 Å². The summed E-state index contributed by atoms with van der Waals surface area (Å²) in [6.45, 7) is 12.7. The Morgan fingerprint density at radius 2 is 0.534 bits per heavy atom. The summed E-state index contributed by atoms with van der Waals surface area (Å²) >= 11 is 0. The SMILES string of the molecule is Cc1ccc(-c2cc[o+]c(-c3ccc(C)cc3)c2-c2ccc(C)cc2)cc1.Cc1ccc(-c2cc[o+]c(-c3ccc(C)cc3)c2-c2ccc(C)cc2)cc1.[O-]B([O-])F. The molecule has 0 aliphatic carbocycles. The second-order valence-electron chi connectivity index (χ2n) is 14.5. The van der Waals surface area contributed by atoms with E-state index in [0.717, 1.165) is 44.9 Å². The van der Waals surface area contributed by atoms with Crippen LogP contribution in [0.3, 0.4) is 0 Å². The summed E-state index contributed by atoms with van der Waals surface area (Å²) in [5.74, 6) is 1.80. The predicted octanol–water partition coefficient (Wildman–Crippen LogP) is 12.6. The molecule has 0 radical (unpaired) electrons. The van der Waals surface area contributed by atoms with Gasteiger partial charge < -0.3 is 14.4 Å². The number of benzene rings is 6. The van der Waals surface area contributed by atoms with Gasteiger partial charge in [0.2, 0.25) is 0 Å². The van der Waals surface area contributed by atoms with Gasteiger partial charge in [0.05, 0.1) is 22.3 Å². The minimum absolute atomic E-state index is 0.900. The van der Waals surface area contributed by atoms with Gasteiger partial charge in [0.25, 0.3) is 0 Å². The highest BCUT2D eigenvalue weighted by Gasteiger charge is 2.25. The minimum Gasteiger partial charge on any atom is -0.867 e. The molecule has 0 saturated heterocycles. The third-order valence-corrected chi connectivity index (χ3v) is 9.87. The van der Waals surface area contributed by atoms with Crippen LogP contribution in [0.5, 0.6) is 0 Å². The van der Waals surface area contributed by atoms with Crippen LogP contribution in [0.2, 0.25) is 0 Å². The molecular weight excluding hydrogens is 718 g/mol. The molecule has 0 fully saturated rings. The van der Waals surface area contributed by atoms with Gasteiger partial charge in [-0.25, -0.2) is 8.83 Å². The van der Waals surface area contributed by atoms with Gasteiger partial charge in [-0.05, 0) is 88.1 Å². The molecule has 0 aliphatic rings. The van der Waals surface area contributed by atoms with Crippen molar-refractivity contribution in [2.45, 2.75) is 41.5 Å². The van der Waals surface area contributed by atoms with Crippen molar-refractivity contribution in [1.82, 2.24) is 0 Å². The van der Waals surface area contributed by atoms with Gasteiger partial charge in [-0.2, -0.15) is 0 Å². The van der Waals surface area contributed by atoms with Crippen LogP contribution in [0, 0.1) is 41.5 Å². The van der Waals surface area contributed by atoms with Crippen LogP contribution >= 0.6 is 0 Å².